The van der Waals surface area contributed by atoms with E-state index in [1.165, 1.54) is 7.11 Å². The zero-order valence-corrected chi connectivity index (χ0v) is 12.6. The van der Waals surface area contributed by atoms with Crippen molar-refractivity contribution in [1.29, 1.82) is 0 Å². The third kappa shape index (κ3) is 5.03. The average molecular weight is 280 g/mol. The predicted octanol–water partition coefficient (Wildman–Crippen LogP) is 2.01. The Hall–Kier alpha value is -1.85. The van der Waals surface area contributed by atoms with Crippen molar-refractivity contribution in [3.8, 4) is 0 Å². The van der Waals surface area contributed by atoms with E-state index < -0.39 is 6.04 Å². The van der Waals surface area contributed by atoms with Crippen molar-refractivity contribution < 1.29 is 9.53 Å². The van der Waals surface area contributed by atoms with Crippen molar-refractivity contribution in [2.75, 3.05) is 18.2 Å². The molecule has 1 unspecified atom stereocenters. The van der Waals surface area contributed by atoms with Crippen molar-refractivity contribution in [2.45, 2.75) is 46.1 Å². The number of nitrogens with zero attached hydrogens (tertiary/aromatic N) is 2. The van der Waals surface area contributed by atoms with Crippen LogP contribution in [0.5, 0.6) is 0 Å². The van der Waals surface area contributed by atoms with E-state index in [1.54, 1.807) is 6.07 Å². The summed E-state index contributed by atoms with van der Waals surface area (Å²) in [6.07, 6.45) is 2.36. The molecule has 20 heavy (non-hydrogen) atoms. The van der Waals surface area contributed by atoms with E-state index in [4.69, 9.17) is 10.5 Å². The third-order valence-corrected chi connectivity index (χ3v) is 2.78. The highest BCUT2D eigenvalue weighted by atomic mass is 16.5. The summed E-state index contributed by atoms with van der Waals surface area (Å²) in [7, 11) is 1.38. The second kappa shape index (κ2) is 7.67. The molecule has 1 rings (SSSR count). The number of aryl methyl sites for hydroxylation is 1. The first-order chi connectivity index (χ1) is 9.46. The maximum absolute atomic E-state index is 11.8. The van der Waals surface area contributed by atoms with Crippen LogP contribution in [0, 0.1) is 5.92 Å². The van der Waals surface area contributed by atoms with Gasteiger partial charge in [0.25, 0.3) is 0 Å². The number of ether oxygens (including phenoxy) is 1. The smallest absolute Gasteiger partial charge is 0.328 e. The SMILES string of the molecule is CCCc1nc(N)cc(NC(CC(C)C)C(=O)OC)n1. The number of nitrogens with one attached hydrogen (secondary N) is 1. The number of rotatable bonds is 7. The van der Waals surface area contributed by atoms with Crippen LogP contribution in [-0.2, 0) is 16.0 Å². The first kappa shape index (κ1) is 16.2. The van der Waals surface area contributed by atoms with E-state index in [9.17, 15) is 4.79 Å². The molecule has 0 fully saturated rings. The summed E-state index contributed by atoms with van der Waals surface area (Å²) in [6.45, 7) is 6.15. The first-order valence-corrected chi connectivity index (χ1v) is 6.94. The summed E-state index contributed by atoms with van der Waals surface area (Å²) in [5.74, 6) is 1.72. The van der Waals surface area contributed by atoms with Gasteiger partial charge in [-0.2, -0.15) is 0 Å². The molecule has 0 radical (unpaired) electrons. The number of nitrogens with two attached hydrogens (primary N) is 1. The topological polar surface area (TPSA) is 90.1 Å². The number of nitrogen functional groups attached to an aromatic ring is 1. The molecule has 1 aromatic rings. The maximum Gasteiger partial charge on any atom is 0.328 e. The van der Waals surface area contributed by atoms with Crippen LogP contribution in [0.1, 0.15) is 39.4 Å². The summed E-state index contributed by atoms with van der Waals surface area (Å²) < 4.78 is 4.82. The second-order valence-electron chi connectivity index (χ2n) is 5.19. The van der Waals surface area contributed by atoms with Gasteiger partial charge in [-0.25, -0.2) is 14.8 Å². The number of methoxy groups -OCH3 is 1. The average Bonchev–Trinajstić information content (AvgIpc) is 2.36. The summed E-state index contributed by atoms with van der Waals surface area (Å²) in [5, 5.41) is 3.10. The predicted molar refractivity (Wildman–Crippen MR) is 79.3 cm³/mol. The molecule has 0 aromatic carbocycles. The molecule has 6 heteroatoms. The Morgan fingerprint density at radius 2 is 2.15 bits per heavy atom. The number of hydrogen-bond donors (Lipinski definition) is 2. The van der Waals surface area contributed by atoms with E-state index in [0.717, 1.165) is 12.8 Å². The molecule has 0 amide bonds. The van der Waals surface area contributed by atoms with Crippen LogP contribution < -0.4 is 11.1 Å². The van der Waals surface area contributed by atoms with Crippen LogP contribution in [-0.4, -0.2) is 29.1 Å². The third-order valence-electron chi connectivity index (χ3n) is 2.78. The van der Waals surface area contributed by atoms with Crippen LogP contribution >= 0.6 is 0 Å². The van der Waals surface area contributed by atoms with E-state index in [1.807, 2.05) is 0 Å². The van der Waals surface area contributed by atoms with Crippen LogP contribution in [0.2, 0.25) is 0 Å². The zero-order valence-electron chi connectivity index (χ0n) is 12.6. The van der Waals surface area contributed by atoms with Gasteiger partial charge in [0.1, 0.15) is 23.5 Å². The van der Waals surface area contributed by atoms with Gasteiger partial charge < -0.3 is 15.8 Å². The largest absolute Gasteiger partial charge is 0.467 e. The quantitative estimate of drug-likeness (QED) is 0.743. The van der Waals surface area contributed by atoms with Crippen molar-refractivity contribution in [3.05, 3.63) is 11.9 Å². The van der Waals surface area contributed by atoms with Gasteiger partial charge in [0.05, 0.1) is 7.11 Å². The first-order valence-electron chi connectivity index (χ1n) is 6.94. The normalized spacial score (nSPS) is 12.2. The highest BCUT2D eigenvalue weighted by Crippen LogP contribution is 2.15. The summed E-state index contributed by atoms with van der Waals surface area (Å²) in [6, 6.07) is 1.21. The van der Waals surface area contributed by atoms with Crippen molar-refractivity contribution in [1.82, 2.24) is 9.97 Å². The standard InChI is InChI=1S/C14H24N4O2/c1-5-6-12-17-11(15)8-13(18-12)16-10(7-9(2)3)14(19)20-4/h8-10H,5-7H2,1-4H3,(H3,15,16,17,18). The van der Waals surface area contributed by atoms with Gasteiger partial charge in [-0.3, -0.25) is 0 Å². The van der Waals surface area contributed by atoms with Gasteiger partial charge in [0.2, 0.25) is 0 Å². The van der Waals surface area contributed by atoms with Crippen LogP contribution in [0.3, 0.4) is 0 Å². The number of hydrogen-bond acceptors (Lipinski definition) is 6. The van der Waals surface area contributed by atoms with Crippen molar-refractivity contribution in [2.24, 2.45) is 5.92 Å². The Morgan fingerprint density at radius 1 is 1.45 bits per heavy atom. The van der Waals surface area contributed by atoms with Gasteiger partial charge in [0, 0.05) is 12.5 Å². The number of anilines is 2. The summed E-state index contributed by atoms with van der Waals surface area (Å²) >= 11 is 0. The molecule has 0 aliphatic carbocycles. The van der Waals surface area contributed by atoms with Gasteiger partial charge in [0.15, 0.2) is 0 Å². The van der Waals surface area contributed by atoms with Crippen LogP contribution in [0.4, 0.5) is 11.6 Å². The monoisotopic (exact) mass is 280 g/mol. The van der Waals surface area contributed by atoms with E-state index in [2.05, 4.69) is 36.1 Å². The van der Waals surface area contributed by atoms with Gasteiger partial charge in [-0.15, -0.1) is 0 Å². The van der Waals surface area contributed by atoms with Gasteiger partial charge in [-0.05, 0) is 18.8 Å². The zero-order chi connectivity index (χ0) is 15.1. The lowest BCUT2D eigenvalue weighted by molar-refractivity contribution is -0.141. The maximum atomic E-state index is 11.8. The molecule has 6 nitrogen and oxygen atoms in total. The van der Waals surface area contributed by atoms with E-state index in [-0.39, 0.29) is 5.97 Å². The molecule has 0 saturated heterocycles. The molecule has 112 valence electrons. The Balaban J connectivity index is 2.89. The fourth-order valence-electron chi connectivity index (χ4n) is 1.93. The second-order valence-corrected chi connectivity index (χ2v) is 5.19. The lowest BCUT2D eigenvalue weighted by Gasteiger charge is -2.19. The van der Waals surface area contributed by atoms with Crippen LogP contribution in [0.25, 0.3) is 0 Å². The van der Waals surface area contributed by atoms with Crippen LogP contribution in [0.15, 0.2) is 6.07 Å². The van der Waals surface area contributed by atoms with E-state index >= 15 is 0 Å². The Labute approximate surface area is 120 Å². The molecule has 0 saturated carbocycles. The number of aromatic nitrogens is 2. The van der Waals surface area contributed by atoms with Crippen molar-refractivity contribution >= 4 is 17.6 Å². The Kier molecular flexibility index (Phi) is 6.21. The molecule has 3 N–H and O–H groups in total. The Morgan fingerprint density at radius 3 is 2.70 bits per heavy atom. The molecule has 1 atom stereocenters. The summed E-state index contributed by atoms with van der Waals surface area (Å²) in [4.78, 5) is 20.3. The number of carbonyl (C=O) groups is 1. The van der Waals surface area contributed by atoms with Gasteiger partial charge >= 0.3 is 5.97 Å². The highest BCUT2D eigenvalue weighted by molar-refractivity contribution is 5.78. The minimum atomic E-state index is -0.427. The molecule has 0 bridgehead atoms. The van der Waals surface area contributed by atoms with E-state index in [0.29, 0.717) is 29.8 Å². The minimum Gasteiger partial charge on any atom is -0.467 e. The lowest BCUT2D eigenvalue weighted by Crippen LogP contribution is -2.32. The van der Waals surface area contributed by atoms with Gasteiger partial charge in [-0.1, -0.05) is 20.8 Å². The molecule has 1 heterocycles. The molecule has 0 spiro atoms. The fourth-order valence-corrected chi connectivity index (χ4v) is 1.93. The lowest BCUT2D eigenvalue weighted by atomic mass is 10.0. The number of esters is 1. The molecular weight excluding hydrogens is 256 g/mol. The molecule has 0 aliphatic rings. The fraction of sp³-hybridized carbons (Fsp3) is 0.643. The minimum absolute atomic E-state index is 0.298. The summed E-state index contributed by atoms with van der Waals surface area (Å²) in [5.41, 5.74) is 5.77. The number of carbonyl (C=O) groups excluding carboxylic acids is 1. The highest BCUT2D eigenvalue weighted by Gasteiger charge is 2.21. The molecular formula is C14H24N4O2. The Bertz CT molecular complexity index is 449. The molecule has 0 aliphatic heterocycles. The molecule has 1 aromatic heterocycles. The van der Waals surface area contributed by atoms with Crippen molar-refractivity contribution in [3.63, 3.8) is 0 Å².